The van der Waals surface area contributed by atoms with Gasteiger partial charge < -0.3 is 9.74 Å². The molecule has 1 spiro atoms. The number of hydrogen-bond acceptors (Lipinski definition) is 7. The molecular formula is C25H22BrN5O3. The number of oxime groups is 1. The fourth-order valence-corrected chi connectivity index (χ4v) is 4.96. The van der Waals surface area contributed by atoms with E-state index in [4.69, 9.17) is 4.84 Å². The van der Waals surface area contributed by atoms with Gasteiger partial charge in [-0.15, -0.1) is 0 Å². The maximum atomic E-state index is 10.8. The molecule has 2 aliphatic rings. The summed E-state index contributed by atoms with van der Waals surface area (Å²) in [6.07, 6.45) is 0.645. The Kier molecular flexibility index (Phi) is 5.24. The molecule has 0 N–H and O–H groups in total. The van der Waals surface area contributed by atoms with Crippen molar-refractivity contribution in [1.82, 2.24) is 0 Å². The smallest absolute Gasteiger partial charge is 0.269 e. The molecule has 34 heavy (non-hydrogen) atoms. The molecule has 0 saturated carbocycles. The first-order valence-electron chi connectivity index (χ1n) is 10.8. The molecule has 5 rings (SSSR count). The van der Waals surface area contributed by atoms with Crippen molar-refractivity contribution in [2.24, 2.45) is 15.4 Å². The second kappa shape index (κ2) is 8.02. The van der Waals surface area contributed by atoms with Crippen molar-refractivity contribution in [3.8, 4) is 0 Å². The molecule has 3 aromatic rings. The molecule has 0 fully saturated rings. The molecule has 2 heterocycles. The summed E-state index contributed by atoms with van der Waals surface area (Å²) in [6.45, 7) is 4.32. The largest absolute Gasteiger partial charge is 0.366 e. The Morgan fingerprint density at radius 2 is 1.68 bits per heavy atom. The van der Waals surface area contributed by atoms with Gasteiger partial charge in [0, 0.05) is 29.3 Å². The van der Waals surface area contributed by atoms with E-state index in [-0.39, 0.29) is 11.1 Å². The average molecular weight is 520 g/mol. The highest BCUT2D eigenvalue weighted by Crippen LogP contribution is 2.56. The van der Waals surface area contributed by atoms with Crippen LogP contribution >= 0.6 is 15.9 Å². The van der Waals surface area contributed by atoms with E-state index in [0.29, 0.717) is 17.8 Å². The molecule has 0 amide bonds. The fourth-order valence-electron chi connectivity index (χ4n) is 4.69. The summed E-state index contributed by atoms with van der Waals surface area (Å²) in [4.78, 5) is 18.8. The predicted octanol–water partition coefficient (Wildman–Crippen LogP) is 7.02. The average Bonchev–Trinajstić information content (AvgIpc) is 3.35. The molecule has 2 aliphatic heterocycles. The zero-order valence-electron chi connectivity index (χ0n) is 18.9. The van der Waals surface area contributed by atoms with E-state index < -0.39 is 10.6 Å². The number of non-ortho nitro benzene ring substituents is 1. The lowest BCUT2D eigenvalue weighted by Crippen LogP contribution is -2.54. The lowest BCUT2D eigenvalue weighted by atomic mass is 9.75. The molecule has 0 saturated heterocycles. The van der Waals surface area contributed by atoms with Crippen LogP contribution in [0, 0.1) is 10.1 Å². The molecule has 1 atom stereocenters. The fraction of sp³-hybridized carbons (Fsp3) is 0.240. The molecule has 0 unspecified atom stereocenters. The zero-order valence-corrected chi connectivity index (χ0v) is 20.5. The van der Waals surface area contributed by atoms with Gasteiger partial charge in [-0.3, -0.25) is 10.1 Å². The van der Waals surface area contributed by atoms with Crippen LogP contribution < -0.4 is 4.90 Å². The normalized spacial score (nSPS) is 20.5. The van der Waals surface area contributed by atoms with Crippen molar-refractivity contribution >= 4 is 44.4 Å². The lowest BCUT2D eigenvalue weighted by molar-refractivity contribution is -0.384. The first kappa shape index (κ1) is 22.2. The third kappa shape index (κ3) is 3.47. The molecule has 3 aromatic carbocycles. The SMILES string of the molecule is CN1c2ccc(N=Nc3ccc([N+](=O)[O-])cc3)cc2C(C)(C)[C@]12CC(c1ccc(Br)cc1)=NO2. The molecule has 9 heteroatoms. The highest BCUT2D eigenvalue weighted by molar-refractivity contribution is 9.10. The Bertz CT molecular complexity index is 1340. The number of rotatable bonds is 4. The molecule has 0 aromatic heterocycles. The summed E-state index contributed by atoms with van der Waals surface area (Å²) in [6, 6.07) is 20.0. The first-order valence-corrected chi connectivity index (χ1v) is 11.6. The summed E-state index contributed by atoms with van der Waals surface area (Å²) in [5, 5.41) is 23.9. The number of fused-ring (bicyclic) bond motifs is 1. The third-order valence-corrected chi connectivity index (χ3v) is 7.29. The van der Waals surface area contributed by atoms with Gasteiger partial charge in [0.1, 0.15) is 0 Å². The van der Waals surface area contributed by atoms with E-state index in [9.17, 15) is 10.1 Å². The number of benzene rings is 3. The lowest BCUT2D eigenvalue weighted by Gasteiger charge is -2.40. The summed E-state index contributed by atoms with van der Waals surface area (Å²) < 4.78 is 1.02. The number of nitro benzene ring substituents is 1. The Labute approximate surface area is 205 Å². The Hall–Kier alpha value is -3.59. The number of hydrogen-bond donors (Lipinski definition) is 0. The summed E-state index contributed by atoms with van der Waals surface area (Å²) in [5.74, 6) is 0. The second-order valence-corrected chi connectivity index (χ2v) is 9.87. The van der Waals surface area contributed by atoms with Crippen molar-refractivity contribution in [3.63, 3.8) is 0 Å². The summed E-state index contributed by atoms with van der Waals surface area (Å²) in [7, 11) is 2.03. The van der Waals surface area contributed by atoms with Crippen LogP contribution in [0.1, 0.15) is 31.4 Å². The highest BCUT2D eigenvalue weighted by Gasteiger charge is 2.61. The Morgan fingerprint density at radius 1 is 1.03 bits per heavy atom. The van der Waals surface area contributed by atoms with E-state index in [1.807, 2.05) is 49.5 Å². The Morgan fingerprint density at radius 3 is 2.35 bits per heavy atom. The van der Waals surface area contributed by atoms with Gasteiger partial charge in [-0.05, 0) is 67.4 Å². The minimum Gasteiger partial charge on any atom is -0.366 e. The van der Waals surface area contributed by atoms with Crippen LogP contribution in [0.2, 0.25) is 0 Å². The number of nitro groups is 1. The quantitative estimate of drug-likeness (QED) is 0.210. The molecule has 0 bridgehead atoms. The monoisotopic (exact) mass is 519 g/mol. The first-order chi connectivity index (χ1) is 16.2. The molecule has 0 aliphatic carbocycles. The van der Waals surface area contributed by atoms with Crippen molar-refractivity contribution in [1.29, 1.82) is 0 Å². The van der Waals surface area contributed by atoms with Gasteiger partial charge >= 0.3 is 0 Å². The number of likely N-dealkylation sites (N-methyl/N-ethyl adjacent to an activating group) is 1. The van der Waals surface area contributed by atoms with Crippen LogP contribution in [-0.2, 0) is 10.3 Å². The number of anilines is 1. The van der Waals surface area contributed by atoms with E-state index in [1.165, 1.54) is 12.1 Å². The van der Waals surface area contributed by atoms with Crippen LogP contribution in [-0.4, -0.2) is 23.4 Å². The van der Waals surface area contributed by atoms with Crippen molar-refractivity contribution in [3.05, 3.63) is 92.4 Å². The minimum absolute atomic E-state index is 0.0212. The van der Waals surface area contributed by atoms with Gasteiger partial charge in [0.25, 0.3) is 5.69 Å². The van der Waals surface area contributed by atoms with Gasteiger partial charge in [0.15, 0.2) is 0 Å². The van der Waals surface area contributed by atoms with Crippen molar-refractivity contribution in [2.75, 3.05) is 11.9 Å². The standard InChI is InChI=1S/C25H22BrN5O3/c1-24(2)21-14-19(28-27-18-8-11-20(12-9-18)31(32)33)10-13-23(21)30(3)25(24)15-22(29-34-25)16-4-6-17(26)7-5-16/h4-14H,15H2,1-3H3/t25-/m1/s1. The van der Waals surface area contributed by atoms with E-state index in [0.717, 1.165) is 27.0 Å². The molecule has 172 valence electrons. The van der Waals surface area contributed by atoms with Gasteiger partial charge in [-0.25, -0.2) is 0 Å². The number of nitrogens with zero attached hydrogens (tertiary/aromatic N) is 5. The zero-order chi connectivity index (χ0) is 24.1. The second-order valence-electron chi connectivity index (χ2n) is 8.96. The van der Waals surface area contributed by atoms with Crippen LogP contribution in [0.4, 0.5) is 22.7 Å². The summed E-state index contributed by atoms with van der Waals surface area (Å²) in [5.41, 5.74) is 4.36. The minimum atomic E-state index is -0.647. The van der Waals surface area contributed by atoms with Gasteiger partial charge in [-0.1, -0.05) is 33.2 Å². The van der Waals surface area contributed by atoms with E-state index >= 15 is 0 Å². The van der Waals surface area contributed by atoms with Crippen LogP contribution in [0.25, 0.3) is 0 Å². The van der Waals surface area contributed by atoms with Gasteiger partial charge in [-0.2, -0.15) is 10.2 Å². The van der Waals surface area contributed by atoms with Gasteiger partial charge in [0.05, 0.1) is 33.8 Å². The van der Waals surface area contributed by atoms with E-state index in [2.05, 4.69) is 50.1 Å². The van der Waals surface area contributed by atoms with Crippen molar-refractivity contribution < 1.29 is 9.76 Å². The molecule has 0 radical (unpaired) electrons. The highest BCUT2D eigenvalue weighted by atomic mass is 79.9. The molecule has 8 nitrogen and oxygen atoms in total. The van der Waals surface area contributed by atoms with Crippen molar-refractivity contribution in [2.45, 2.75) is 31.4 Å². The number of halogens is 1. The maximum Gasteiger partial charge on any atom is 0.269 e. The number of azo groups is 1. The third-order valence-electron chi connectivity index (χ3n) is 6.77. The van der Waals surface area contributed by atoms with Crippen LogP contribution in [0.15, 0.2) is 86.6 Å². The summed E-state index contributed by atoms with van der Waals surface area (Å²) >= 11 is 3.48. The topological polar surface area (TPSA) is 92.7 Å². The van der Waals surface area contributed by atoms with Gasteiger partial charge in [0.2, 0.25) is 5.72 Å². The maximum absolute atomic E-state index is 10.8. The van der Waals surface area contributed by atoms with Crippen LogP contribution in [0.3, 0.4) is 0 Å². The van der Waals surface area contributed by atoms with Crippen LogP contribution in [0.5, 0.6) is 0 Å². The predicted molar refractivity (Wildman–Crippen MR) is 134 cm³/mol. The van der Waals surface area contributed by atoms with E-state index in [1.54, 1.807) is 12.1 Å². The Balaban J connectivity index is 1.42. The molecular weight excluding hydrogens is 498 g/mol.